The molecule has 0 aliphatic carbocycles. The molecule has 0 aliphatic rings. The summed E-state index contributed by atoms with van der Waals surface area (Å²) < 4.78 is 31.6. The number of rotatable bonds is 5. The van der Waals surface area contributed by atoms with Crippen LogP contribution in [0.2, 0.25) is 0 Å². The molecule has 0 spiro atoms. The first-order valence-electron chi connectivity index (χ1n) is 8.56. The number of benzene rings is 2. The highest BCUT2D eigenvalue weighted by molar-refractivity contribution is 9.10. The summed E-state index contributed by atoms with van der Waals surface area (Å²) in [5.74, 6) is -1.03. The molecule has 1 N–H and O–H groups in total. The number of thiophene rings is 1. The number of amides is 1. The molecule has 4 aromatic rings. The van der Waals surface area contributed by atoms with Crippen molar-refractivity contribution in [2.75, 3.05) is 0 Å². The fraction of sp³-hybridized carbons (Fsp3) is 0.0952. The van der Waals surface area contributed by atoms with Gasteiger partial charge in [0.05, 0.1) is 21.2 Å². The highest BCUT2D eigenvalue weighted by Crippen LogP contribution is 2.34. The first kappa shape index (κ1) is 18.8. The first-order valence-corrected chi connectivity index (χ1v) is 10.2. The topological polar surface area (TPSA) is 34.0 Å². The lowest BCUT2D eigenvalue weighted by Gasteiger charge is -2.12. The van der Waals surface area contributed by atoms with Crippen molar-refractivity contribution in [1.82, 2.24) is 9.88 Å². The third-order valence-electron chi connectivity index (χ3n) is 4.49. The van der Waals surface area contributed by atoms with Gasteiger partial charge in [0.25, 0.3) is 5.91 Å². The van der Waals surface area contributed by atoms with Gasteiger partial charge in [0.1, 0.15) is 17.3 Å². The van der Waals surface area contributed by atoms with E-state index in [9.17, 15) is 13.6 Å². The predicted octanol–water partition coefficient (Wildman–Crippen LogP) is 5.72. The van der Waals surface area contributed by atoms with E-state index in [0.717, 1.165) is 14.7 Å². The number of nitrogens with one attached hydrogen (secondary N) is 1. The maximum Gasteiger partial charge on any atom is 0.268 e. The van der Waals surface area contributed by atoms with Gasteiger partial charge in [-0.05, 0) is 34.1 Å². The number of hydrogen-bond acceptors (Lipinski definition) is 2. The van der Waals surface area contributed by atoms with Gasteiger partial charge in [0.15, 0.2) is 0 Å². The van der Waals surface area contributed by atoms with E-state index in [2.05, 4.69) is 21.2 Å². The van der Waals surface area contributed by atoms with E-state index in [-0.39, 0.29) is 30.6 Å². The average molecular weight is 461 g/mol. The standard InChI is InChI=1S/C21H15BrF2N2OS/c22-15-12-28-19-9-18(21(27)25-10-13-5-1-3-7-16(13)23)26(20(15)19)11-14-6-2-4-8-17(14)24/h1-9,12H,10-11H2,(H,25,27). The molecule has 3 nitrogen and oxygen atoms in total. The number of nitrogens with zero attached hydrogens (tertiary/aromatic N) is 1. The van der Waals surface area contributed by atoms with Crippen LogP contribution >= 0.6 is 27.3 Å². The molecular weight excluding hydrogens is 446 g/mol. The maximum atomic E-state index is 14.2. The Morgan fingerprint density at radius 2 is 1.68 bits per heavy atom. The summed E-state index contributed by atoms with van der Waals surface area (Å²) in [4.78, 5) is 12.8. The van der Waals surface area contributed by atoms with Gasteiger partial charge in [0, 0.05) is 23.1 Å². The predicted molar refractivity (Wildman–Crippen MR) is 111 cm³/mol. The summed E-state index contributed by atoms with van der Waals surface area (Å²) in [5.41, 5.74) is 2.14. The zero-order chi connectivity index (χ0) is 19.7. The molecule has 2 aromatic carbocycles. The summed E-state index contributed by atoms with van der Waals surface area (Å²) >= 11 is 5.01. The third-order valence-corrected chi connectivity index (χ3v) is 6.32. The van der Waals surface area contributed by atoms with Crippen LogP contribution in [-0.4, -0.2) is 10.5 Å². The van der Waals surface area contributed by atoms with Crippen molar-refractivity contribution >= 4 is 43.4 Å². The molecule has 4 rings (SSSR count). The summed E-state index contributed by atoms with van der Waals surface area (Å²) in [6.45, 7) is 0.291. The molecule has 0 fully saturated rings. The Morgan fingerprint density at radius 3 is 2.36 bits per heavy atom. The minimum atomic E-state index is -0.367. The quantitative estimate of drug-likeness (QED) is 0.405. The van der Waals surface area contributed by atoms with Gasteiger partial charge in [-0.25, -0.2) is 8.78 Å². The molecule has 0 aliphatic heterocycles. The van der Waals surface area contributed by atoms with Crippen LogP contribution in [0.3, 0.4) is 0 Å². The maximum absolute atomic E-state index is 14.2. The van der Waals surface area contributed by atoms with E-state index < -0.39 is 0 Å². The van der Waals surface area contributed by atoms with Gasteiger partial charge in [-0.1, -0.05) is 36.4 Å². The number of carbonyl (C=O) groups excluding carboxylic acids is 1. The van der Waals surface area contributed by atoms with Gasteiger partial charge >= 0.3 is 0 Å². The smallest absolute Gasteiger partial charge is 0.268 e. The number of fused-ring (bicyclic) bond motifs is 1. The Morgan fingerprint density at radius 1 is 1.04 bits per heavy atom. The highest BCUT2D eigenvalue weighted by atomic mass is 79.9. The average Bonchev–Trinajstić information content (AvgIpc) is 3.23. The molecule has 0 bridgehead atoms. The van der Waals surface area contributed by atoms with Crippen molar-refractivity contribution in [3.63, 3.8) is 0 Å². The van der Waals surface area contributed by atoms with Crippen LogP contribution in [0.1, 0.15) is 21.6 Å². The minimum Gasteiger partial charge on any atom is -0.347 e. The van der Waals surface area contributed by atoms with Gasteiger partial charge in [0.2, 0.25) is 0 Å². The van der Waals surface area contributed by atoms with Crippen molar-refractivity contribution in [1.29, 1.82) is 0 Å². The second kappa shape index (κ2) is 7.85. The van der Waals surface area contributed by atoms with Crippen molar-refractivity contribution in [3.8, 4) is 0 Å². The number of carbonyl (C=O) groups is 1. The van der Waals surface area contributed by atoms with E-state index in [0.29, 0.717) is 16.8 Å². The van der Waals surface area contributed by atoms with Crippen LogP contribution in [0, 0.1) is 11.6 Å². The normalized spacial score (nSPS) is 11.1. The molecule has 0 radical (unpaired) electrons. The Kier molecular flexibility index (Phi) is 5.28. The summed E-state index contributed by atoms with van der Waals surface area (Å²) in [5, 5.41) is 4.70. The van der Waals surface area contributed by atoms with Crippen LogP contribution < -0.4 is 5.32 Å². The molecule has 0 saturated carbocycles. The van der Waals surface area contributed by atoms with E-state index >= 15 is 0 Å². The van der Waals surface area contributed by atoms with Crippen LogP contribution in [0.5, 0.6) is 0 Å². The van der Waals surface area contributed by atoms with E-state index in [1.54, 1.807) is 47.0 Å². The van der Waals surface area contributed by atoms with Crippen molar-refractivity contribution in [3.05, 3.63) is 92.9 Å². The monoisotopic (exact) mass is 460 g/mol. The first-order chi connectivity index (χ1) is 13.5. The molecule has 0 saturated heterocycles. The lowest BCUT2D eigenvalue weighted by atomic mass is 10.2. The van der Waals surface area contributed by atoms with Crippen molar-refractivity contribution in [2.45, 2.75) is 13.1 Å². The second-order valence-electron chi connectivity index (χ2n) is 6.28. The molecule has 28 heavy (non-hydrogen) atoms. The van der Waals surface area contributed by atoms with Crippen LogP contribution in [0.4, 0.5) is 8.78 Å². The van der Waals surface area contributed by atoms with Gasteiger partial charge in [-0.3, -0.25) is 4.79 Å². The van der Waals surface area contributed by atoms with Gasteiger partial charge < -0.3 is 9.88 Å². The summed E-state index contributed by atoms with van der Waals surface area (Å²) in [6.07, 6.45) is 0. The van der Waals surface area contributed by atoms with Crippen LogP contribution in [0.15, 0.2) is 64.5 Å². The Bertz CT molecular complexity index is 1170. The summed E-state index contributed by atoms with van der Waals surface area (Å²) in [6, 6.07) is 14.6. The second-order valence-corrected chi connectivity index (χ2v) is 8.04. The Balaban J connectivity index is 1.67. The lowest BCUT2D eigenvalue weighted by molar-refractivity contribution is 0.0942. The zero-order valence-electron chi connectivity index (χ0n) is 14.6. The number of aromatic nitrogens is 1. The lowest BCUT2D eigenvalue weighted by Crippen LogP contribution is -2.26. The molecule has 2 aromatic heterocycles. The van der Waals surface area contributed by atoms with Crippen molar-refractivity contribution in [2.24, 2.45) is 0 Å². The molecule has 0 atom stereocenters. The van der Waals surface area contributed by atoms with Crippen molar-refractivity contribution < 1.29 is 13.6 Å². The minimum absolute atomic E-state index is 0.0746. The molecule has 2 heterocycles. The SMILES string of the molecule is O=C(NCc1ccccc1F)c1cc2scc(Br)c2n1Cc1ccccc1F. The zero-order valence-corrected chi connectivity index (χ0v) is 17.0. The van der Waals surface area contributed by atoms with E-state index in [1.165, 1.54) is 23.5 Å². The Labute approximate surface area is 172 Å². The fourth-order valence-electron chi connectivity index (χ4n) is 3.09. The fourth-order valence-corrected chi connectivity index (χ4v) is 4.78. The number of halogens is 3. The van der Waals surface area contributed by atoms with E-state index in [1.807, 2.05) is 5.38 Å². The van der Waals surface area contributed by atoms with Crippen LogP contribution in [0.25, 0.3) is 10.2 Å². The molecule has 0 unspecified atom stereocenters. The molecule has 142 valence electrons. The van der Waals surface area contributed by atoms with Crippen LogP contribution in [-0.2, 0) is 13.1 Å². The molecular formula is C21H15BrF2N2OS. The highest BCUT2D eigenvalue weighted by Gasteiger charge is 2.20. The Hall–Kier alpha value is -2.51. The molecule has 1 amide bonds. The third kappa shape index (κ3) is 3.59. The molecule has 7 heteroatoms. The van der Waals surface area contributed by atoms with Gasteiger partial charge in [-0.2, -0.15) is 0 Å². The largest absolute Gasteiger partial charge is 0.347 e. The van der Waals surface area contributed by atoms with Gasteiger partial charge in [-0.15, -0.1) is 11.3 Å². The summed E-state index contributed by atoms with van der Waals surface area (Å²) in [7, 11) is 0. The number of hydrogen-bond donors (Lipinski definition) is 1. The van der Waals surface area contributed by atoms with E-state index in [4.69, 9.17) is 0 Å².